The molecule has 3 heterocycles. The number of carbonyl (C=O) groups excluding carboxylic acids is 2. The maximum absolute atomic E-state index is 12.3. The molecule has 2 fully saturated rings. The van der Waals surface area contributed by atoms with Gasteiger partial charge < -0.3 is 4.90 Å². The fourth-order valence-corrected chi connectivity index (χ4v) is 4.83. The van der Waals surface area contributed by atoms with Gasteiger partial charge in [0.05, 0.1) is 5.52 Å². The number of rotatable bonds is 6. The molecule has 2 aromatic rings. The minimum absolute atomic E-state index is 0.0000469. The summed E-state index contributed by atoms with van der Waals surface area (Å²) in [6.07, 6.45) is 5.17. The van der Waals surface area contributed by atoms with Crippen molar-refractivity contribution < 1.29 is 9.59 Å². The Labute approximate surface area is 179 Å². The van der Waals surface area contributed by atoms with E-state index in [1.54, 1.807) is 0 Å². The van der Waals surface area contributed by atoms with Crippen molar-refractivity contribution in [3.8, 4) is 0 Å². The van der Waals surface area contributed by atoms with Gasteiger partial charge in [-0.1, -0.05) is 38.1 Å². The molecular formula is C25H33N3O2. The molecule has 0 atom stereocenters. The van der Waals surface area contributed by atoms with Crippen LogP contribution in [-0.4, -0.2) is 52.8 Å². The standard InChI is InChI=1S/C25H33N3O2/c1-25(2)17-23(29)28(24(30)18-25)14-6-5-13-27-15-11-20(12-16-27)22-10-9-19-7-3-4-8-21(19)26-22/h3-4,7-10,20H,5-6,11-18H2,1-2H3. The average molecular weight is 408 g/mol. The van der Waals surface area contributed by atoms with Crippen molar-refractivity contribution in [3.05, 3.63) is 42.1 Å². The number of aromatic nitrogens is 1. The second-order valence-electron chi connectivity index (χ2n) is 9.71. The Morgan fingerprint density at radius 2 is 1.60 bits per heavy atom. The van der Waals surface area contributed by atoms with Gasteiger partial charge in [-0.3, -0.25) is 19.5 Å². The van der Waals surface area contributed by atoms with Gasteiger partial charge in [-0.05, 0) is 62.9 Å². The summed E-state index contributed by atoms with van der Waals surface area (Å²) in [5, 5.41) is 1.20. The van der Waals surface area contributed by atoms with Crippen LogP contribution in [0.3, 0.4) is 0 Å². The molecule has 1 aromatic carbocycles. The number of carbonyl (C=O) groups is 2. The molecule has 2 amide bonds. The quantitative estimate of drug-likeness (QED) is 0.527. The Morgan fingerprint density at radius 1 is 0.933 bits per heavy atom. The normalized spacial score (nSPS) is 20.8. The van der Waals surface area contributed by atoms with Gasteiger partial charge in [-0.15, -0.1) is 0 Å². The number of fused-ring (bicyclic) bond motifs is 1. The van der Waals surface area contributed by atoms with Crippen LogP contribution in [0, 0.1) is 5.41 Å². The zero-order chi connectivity index (χ0) is 21.1. The highest BCUT2D eigenvalue weighted by atomic mass is 16.2. The van der Waals surface area contributed by atoms with Crippen LogP contribution >= 0.6 is 0 Å². The second-order valence-corrected chi connectivity index (χ2v) is 9.71. The third-order valence-corrected chi connectivity index (χ3v) is 6.59. The summed E-state index contributed by atoms with van der Waals surface area (Å²) in [5.74, 6) is 0.540. The zero-order valence-corrected chi connectivity index (χ0v) is 18.3. The molecule has 0 unspecified atom stereocenters. The number of likely N-dealkylation sites (tertiary alicyclic amines) is 2. The van der Waals surface area contributed by atoms with Crippen molar-refractivity contribution in [1.29, 1.82) is 0 Å². The van der Waals surface area contributed by atoms with Gasteiger partial charge >= 0.3 is 0 Å². The first kappa shape index (κ1) is 21.0. The van der Waals surface area contributed by atoms with Crippen LogP contribution in [0.25, 0.3) is 10.9 Å². The van der Waals surface area contributed by atoms with Crippen molar-refractivity contribution in [3.63, 3.8) is 0 Å². The number of benzene rings is 1. The maximum atomic E-state index is 12.3. The van der Waals surface area contributed by atoms with Crippen molar-refractivity contribution >= 4 is 22.7 Å². The number of nitrogens with zero attached hydrogens (tertiary/aromatic N) is 3. The van der Waals surface area contributed by atoms with Crippen LogP contribution in [0.2, 0.25) is 0 Å². The third-order valence-electron chi connectivity index (χ3n) is 6.59. The Hall–Kier alpha value is -2.27. The first-order valence-electron chi connectivity index (χ1n) is 11.3. The molecule has 0 bridgehead atoms. The Kier molecular flexibility index (Phi) is 6.19. The summed E-state index contributed by atoms with van der Waals surface area (Å²) in [7, 11) is 0. The first-order valence-corrected chi connectivity index (χ1v) is 11.3. The first-order chi connectivity index (χ1) is 14.4. The lowest BCUT2D eigenvalue weighted by Gasteiger charge is -2.35. The van der Waals surface area contributed by atoms with Crippen LogP contribution < -0.4 is 0 Å². The zero-order valence-electron chi connectivity index (χ0n) is 18.3. The number of amides is 2. The molecule has 0 N–H and O–H groups in total. The lowest BCUT2D eigenvalue weighted by molar-refractivity contribution is -0.152. The predicted octanol–water partition coefficient (Wildman–Crippen LogP) is 4.37. The van der Waals surface area contributed by atoms with Crippen LogP contribution in [-0.2, 0) is 9.59 Å². The van der Waals surface area contributed by atoms with Gasteiger partial charge in [0.15, 0.2) is 0 Å². The summed E-state index contributed by atoms with van der Waals surface area (Å²) >= 11 is 0. The van der Waals surface area contributed by atoms with E-state index in [1.807, 2.05) is 19.9 Å². The summed E-state index contributed by atoms with van der Waals surface area (Å²) in [5.41, 5.74) is 2.12. The van der Waals surface area contributed by atoms with Gasteiger partial charge in [-0.2, -0.15) is 0 Å². The van der Waals surface area contributed by atoms with Gasteiger partial charge in [0.2, 0.25) is 11.8 Å². The van der Waals surface area contributed by atoms with E-state index in [-0.39, 0.29) is 17.2 Å². The lowest BCUT2D eigenvalue weighted by atomic mass is 9.82. The number of hydrogen-bond donors (Lipinski definition) is 0. The van der Waals surface area contributed by atoms with Crippen molar-refractivity contribution in [1.82, 2.24) is 14.8 Å². The molecule has 4 rings (SSSR count). The molecule has 2 aliphatic rings. The summed E-state index contributed by atoms with van der Waals surface area (Å²) in [4.78, 5) is 33.4. The number of hydrogen-bond acceptors (Lipinski definition) is 4. The monoisotopic (exact) mass is 407 g/mol. The molecule has 1 aromatic heterocycles. The molecule has 0 radical (unpaired) electrons. The van der Waals surface area contributed by atoms with Gasteiger partial charge in [0.1, 0.15) is 0 Å². The third kappa shape index (κ3) is 4.89. The van der Waals surface area contributed by atoms with Gasteiger partial charge in [0, 0.05) is 36.4 Å². The summed E-state index contributed by atoms with van der Waals surface area (Å²) < 4.78 is 0. The number of unbranched alkanes of at least 4 members (excludes halogenated alkanes) is 1. The molecule has 30 heavy (non-hydrogen) atoms. The second kappa shape index (κ2) is 8.84. The smallest absolute Gasteiger partial charge is 0.229 e. The fraction of sp³-hybridized carbons (Fsp3) is 0.560. The number of para-hydroxylation sites is 1. The minimum Gasteiger partial charge on any atom is -0.303 e. The fourth-order valence-electron chi connectivity index (χ4n) is 4.83. The lowest BCUT2D eigenvalue weighted by Crippen LogP contribution is -2.46. The van der Waals surface area contributed by atoms with Gasteiger partial charge in [-0.25, -0.2) is 0 Å². The summed E-state index contributed by atoms with van der Waals surface area (Å²) in [6.45, 7) is 7.79. The van der Waals surface area contributed by atoms with Crippen LogP contribution in [0.1, 0.15) is 64.0 Å². The molecule has 5 nitrogen and oxygen atoms in total. The highest BCUT2D eigenvalue weighted by Crippen LogP contribution is 2.32. The highest BCUT2D eigenvalue weighted by Gasteiger charge is 2.36. The Bertz CT molecular complexity index is 896. The van der Waals surface area contributed by atoms with E-state index in [1.165, 1.54) is 16.0 Å². The molecule has 2 aliphatic heterocycles. The van der Waals surface area contributed by atoms with Gasteiger partial charge in [0.25, 0.3) is 0 Å². The Morgan fingerprint density at radius 3 is 2.33 bits per heavy atom. The van der Waals surface area contributed by atoms with Crippen molar-refractivity contribution in [2.45, 2.75) is 58.3 Å². The van der Waals surface area contributed by atoms with Crippen molar-refractivity contribution in [2.24, 2.45) is 5.41 Å². The van der Waals surface area contributed by atoms with Crippen LogP contribution in [0.15, 0.2) is 36.4 Å². The highest BCUT2D eigenvalue weighted by molar-refractivity contribution is 5.98. The largest absolute Gasteiger partial charge is 0.303 e. The predicted molar refractivity (Wildman–Crippen MR) is 119 cm³/mol. The van der Waals surface area contributed by atoms with Crippen molar-refractivity contribution in [2.75, 3.05) is 26.2 Å². The summed E-state index contributed by atoms with van der Waals surface area (Å²) in [6, 6.07) is 12.7. The molecular weight excluding hydrogens is 374 g/mol. The topological polar surface area (TPSA) is 53.5 Å². The van der Waals surface area contributed by atoms with E-state index < -0.39 is 0 Å². The molecule has 0 spiro atoms. The molecule has 2 saturated heterocycles. The van der Waals surface area contributed by atoms with E-state index in [0.717, 1.165) is 50.8 Å². The Balaban J connectivity index is 1.20. The minimum atomic E-state index is -0.186. The average Bonchev–Trinajstić information content (AvgIpc) is 2.72. The maximum Gasteiger partial charge on any atom is 0.229 e. The number of piperidine rings is 2. The SMILES string of the molecule is CC1(C)CC(=O)N(CCCCN2CCC(c3ccc4ccccc4n3)CC2)C(=O)C1. The molecule has 0 aliphatic carbocycles. The molecule has 5 heteroatoms. The molecule has 0 saturated carbocycles. The van der Waals surface area contributed by atoms with E-state index >= 15 is 0 Å². The molecule has 160 valence electrons. The number of imide groups is 1. The van der Waals surface area contributed by atoms with Crippen LogP contribution in [0.4, 0.5) is 0 Å². The van der Waals surface area contributed by atoms with E-state index in [0.29, 0.717) is 25.3 Å². The number of pyridine rings is 1. The van der Waals surface area contributed by atoms with E-state index in [9.17, 15) is 9.59 Å². The van der Waals surface area contributed by atoms with Crippen LogP contribution in [0.5, 0.6) is 0 Å². The van der Waals surface area contributed by atoms with E-state index in [2.05, 4.69) is 35.2 Å². The van der Waals surface area contributed by atoms with E-state index in [4.69, 9.17) is 4.98 Å².